The molecule has 16 heteroatoms. The standard InChI is InChI=1S/C38H38N8O6S2/c1-3-9-23-19-21(15-17-29(23)43-45-35-31(39)25-11-5-7-13-27(25)37(33(35)41)53(47,48)49)22-16-18-30(24(20-22)10-4-2)44-46-36-32(40)26-12-6-8-14-28(26)38(34(36)42)54(50,51)52/h5-8,11-20H,3-4,9-10,39-42H2,1-2H3,(H,47,48,49)(H,50,51,52)/b45-43+,46-44+. The van der Waals surface area contributed by atoms with Crippen LogP contribution in [0.25, 0.3) is 32.7 Å². The Morgan fingerprint density at radius 1 is 0.500 bits per heavy atom. The van der Waals surface area contributed by atoms with Crippen molar-refractivity contribution in [1.29, 1.82) is 0 Å². The van der Waals surface area contributed by atoms with Crippen LogP contribution in [0, 0.1) is 0 Å². The van der Waals surface area contributed by atoms with E-state index in [1.807, 2.05) is 38.1 Å². The summed E-state index contributed by atoms with van der Waals surface area (Å²) < 4.78 is 69.3. The van der Waals surface area contributed by atoms with Gasteiger partial charge in [-0.1, -0.05) is 87.4 Å². The summed E-state index contributed by atoms with van der Waals surface area (Å²) in [5.74, 6) is 0. The second-order valence-corrected chi connectivity index (χ2v) is 15.4. The van der Waals surface area contributed by atoms with Crippen LogP contribution in [0.4, 0.5) is 45.5 Å². The van der Waals surface area contributed by atoms with Crippen LogP contribution in [-0.4, -0.2) is 25.9 Å². The Hall–Kier alpha value is -5.94. The molecule has 6 aromatic carbocycles. The summed E-state index contributed by atoms with van der Waals surface area (Å²) in [6, 6.07) is 24.2. The van der Waals surface area contributed by atoms with Crippen LogP contribution in [0.5, 0.6) is 0 Å². The lowest BCUT2D eigenvalue weighted by molar-refractivity contribution is 0.482. The van der Waals surface area contributed by atoms with Gasteiger partial charge in [-0.3, -0.25) is 9.11 Å². The first kappa shape index (κ1) is 37.8. The van der Waals surface area contributed by atoms with Gasteiger partial charge in [0.05, 0.1) is 34.1 Å². The van der Waals surface area contributed by atoms with Gasteiger partial charge in [0.1, 0.15) is 21.2 Å². The van der Waals surface area contributed by atoms with Crippen molar-refractivity contribution in [1.82, 2.24) is 0 Å². The van der Waals surface area contributed by atoms with Gasteiger partial charge in [0.2, 0.25) is 0 Å². The lowest BCUT2D eigenvalue weighted by Crippen LogP contribution is -2.06. The van der Waals surface area contributed by atoms with E-state index in [1.165, 1.54) is 12.1 Å². The molecule has 0 unspecified atom stereocenters. The van der Waals surface area contributed by atoms with Crippen molar-refractivity contribution in [2.75, 3.05) is 22.9 Å². The fourth-order valence-electron chi connectivity index (χ4n) is 6.53. The Bertz CT molecular complexity index is 2560. The maximum absolute atomic E-state index is 12.3. The minimum Gasteiger partial charge on any atom is -0.396 e. The molecule has 0 saturated heterocycles. The molecular formula is C38H38N8O6S2. The van der Waals surface area contributed by atoms with Gasteiger partial charge in [-0.25, -0.2) is 0 Å². The van der Waals surface area contributed by atoms with Gasteiger partial charge in [0.15, 0.2) is 0 Å². The van der Waals surface area contributed by atoms with Crippen molar-refractivity contribution in [2.45, 2.75) is 49.3 Å². The van der Waals surface area contributed by atoms with Crippen LogP contribution in [0.3, 0.4) is 0 Å². The van der Waals surface area contributed by atoms with Gasteiger partial charge < -0.3 is 22.9 Å². The topological polar surface area (TPSA) is 262 Å². The summed E-state index contributed by atoms with van der Waals surface area (Å²) in [4.78, 5) is -0.966. The summed E-state index contributed by atoms with van der Waals surface area (Å²) in [5, 5.41) is 18.5. The number of hydrogen-bond acceptors (Lipinski definition) is 12. The van der Waals surface area contributed by atoms with E-state index in [1.54, 1.807) is 48.5 Å². The molecular weight excluding hydrogens is 729 g/mol. The molecule has 0 bridgehead atoms. The predicted molar refractivity (Wildman–Crippen MR) is 213 cm³/mol. The number of anilines is 4. The molecule has 54 heavy (non-hydrogen) atoms. The van der Waals surface area contributed by atoms with Gasteiger partial charge in [-0.2, -0.15) is 27.1 Å². The number of hydrogen-bond donors (Lipinski definition) is 6. The average Bonchev–Trinajstić information content (AvgIpc) is 3.11. The molecule has 0 radical (unpaired) electrons. The predicted octanol–water partition coefficient (Wildman–Crippen LogP) is 9.22. The van der Waals surface area contributed by atoms with Gasteiger partial charge in [0.25, 0.3) is 20.2 Å². The first-order valence-electron chi connectivity index (χ1n) is 16.9. The number of benzene rings is 6. The third-order valence-corrected chi connectivity index (χ3v) is 10.9. The first-order chi connectivity index (χ1) is 25.6. The quantitative estimate of drug-likeness (QED) is 0.0413. The van der Waals surface area contributed by atoms with Gasteiger partial charge in [-0.05, 0) is 59.4 Å². The van der Waals surface area contributed by atoms with Gasteiger partial charge in [0, 0.05) is 21.5 Å². The molecule has 0 spiro atoms. The number of azo groups is 2. The highest BCUT2D eigenvalue weighted by molar-refractivity contribution is 7.86. The van der Waals surface area contributed by atoms with Crippen molar-refractivity contribution in [3.8, 4) is 11.1 Å². The normalized spacial score (nSPS) is 12.4. The average molecular weight is 767 g/mol. The van der Waals surface area contributed by atoms with Crippen LogP contribution in [-0.2, 0) is 33.1 Å². The molecule has 0 saturated carbocycles. The van der Waals surface area contributed by atoms with E-state index in [0.717, 1.165) is 35.1 Å². The molecule has 0 aromatic heterocycles. The Morgan fingerprint density at radius 3 is 1.19 bits per heavy atom. The summed E-state index contributed by atoms with van der Waals surface area (Å²) in [6.45, 7) is 4.05. The second-order valence-electron chi connectivity index (χ2n) is 12.6. The SMILES string of the molecule is CCCc1cc(-c2ccc(/N=N/c3c(N)c(S(=O)(=O)O)c4ccccc4c3N)c(CCC)c2)ccc1/N=N/c1c(N)c(S(=O)(=O)O)c2ccccc2c1N. The minimum atomic E-state index is -4.72. The molecule has 10 N–H and O–H groups in total. The molecule has 0 fully saturated rings. The third-order valence-electron chi connectivity index (χ3n) is 9.00. The van der Waals surface area contributed by atoms with E-state index in [4.69, 9.17) is 22.9 Å². The van der Waals surface area contributed by atoms with Gasteiger partial charge >= 0.3 is 0 Å². The second kappa shape index (κ2) is 14.8. The van der Waals surface area contributed by atoms with E-state index in [9.17, 15) is 25.9 Å². The Labute approximate surface area is 312 Å². The fourth-order valence-corrected chi connectivity index (χ4v) is 8.19. The smallest absolute Gasteiger partial charge is 0.297 e. The highest BCUT2D eigenvalue weighted by Crippen LogP contribution is 2.45. The molecule has 278 valence electrons. The number of nitrogens with zero attached hydrogens (tertiary/aromatic N) is 4. The highest BCUT2D eigenvalue weighted by Gasteiger charge is 2.25. The molecule has 0 heterocycles. The summed E-state index contributed by atoms with van der Waals surface area (Å²) in [5.41, 5.74) is 29.3. The fraction of sp³-hybridized carbons (Fsp3) is 0.158. The Morgan fingerprint density at radius 2 is 0.852 bits per heavy atom. The lowest BCUT2D eigenvalue weighted by Gasteiger charge is -2.14. The number of rotatable bonds is 11. The van der Waals surface area contributed by atoms with E-state index in [2.05, 4.69) is 20.5 Å². The highest BCUT2D eigenvalue weighted by atomic mass is 32.2. The molecule has 6 rings (SSSR count). The summed E-state index contributed by atoms with van der Waals surface area (Å²) in [7, 11) is -9.44. The lowest BCUT2D eigenvalue weighted by atomic mass is 9.96. The number of nitrogens with two attached hydrogens (primary N) is 4. The zero-order valence-electron chi connectivity index (χ0n) is 29.4. The molecule has 0 aliphatic heterocycles. The van der Waals surface area contributed by atoms with Crippen LogP contribution in [0.15, 0.2) is 115 Å². The van der Waals surface area contributed by atoms with Crippen molar-refractivity contribution < 1.29 is 25.9 Å². The first-order valence-corrected chi connectivity index (χ1v) is 19.8. The van der Waals surface area contributed by atoms with Crippen molar-refractivity contribution in [2.24, 2.45) is 20.5 Å². The number of fused-ring (bicyclic) bond motifs is 2. The number of nitrogen functional groups attached to an aromatic ring is 4. The maximum atomic E-state index is 12.3. The van der Waals surface area contributed by atoms with Crippen molar-refractivity contribution in [3.05, 3.63) is 96.1 Å². The van der Waals surface area contributed by atoms with Gasteiger partial charge in [-0.15, -0.1) is 10.2 Å². The summed E-state index contributed by atoms with van der Waals surface area (Å²) >= 11 is 0. The molecule has 0 aliphatic carbocycles. The zero-order chi connectivity index (χ0) is 38.9. The van der Waals surface area contributed by atoms with E-state index >= 15 is 0 Å². The van der Waals surface area contributed by atoms with Crippen LogP contribution in [0.2, 0.25) is 0 Å². The van der Waals surface area contributed by atoms with Crippen molar-refractivity contribution >= 4 is 87.3 Å². The van der Waals surface area contributed by atoms with Crippen LogP contribution in [0.1, 0.15) is 37.8 Å². The largest absolute Gasteiger partial charge is 0.396 e. The zero-order valence-corrected chi connectivity index (χ0v) is 31.0. The van der Waals surface area contributed by atoms with Crippen LogP contribution >= 0.6 is 0 Å². The van der Waals surface area contributed by atoms with E-state index in [-0.39, 0.29) is 44.9 Å². The third kappa shape index (κ3) is 7.19. The molecule has 6 aromatic rings. The molecule has 0 atom stereocenters. The maximum Gasteiger partial charge on any atom is 0.297 e. The molecule has 0 aliphatic rings. The molecule has 0 amide bonds. The Balaban J connectivity index is 1.38. The molecule has 14 nitrogen and oxygen atoms in total. The van der Waals surface area contributed by atoms with Crippen LogP contribution < -0.4 is 22.9 Å². The Kier molecular flexibility index (Phi) is 10.4. The monoisotopic (exact) mass is 766 g/mol. The van der Waals surface area contributed by atoms with E-state index in [0.29, 0.717) is 35.0 Å². The van der Waals surface area contributed by atoms with Crippen molar-refractivity contribution in [3.63, 3.8) is 0 Å². The summed E-state index contributed by atoms with van der Waals surface area (Å²) in [6.07, 6.45) is 2.88. The number of aryl methyl sites for hydroxylation is 2. The minimum absolute atomic E-state index is 0.0665. The van der Waals surface area contributed by atoms with E-state index < -0.39 is 30.0 Å².